The van der Waals surface area contributed by atoms with E-state index in [2.05, 4.69) is 15.0 Å². The maximum Gasteiger partial charge on any atom is 0.270 e. The fourth-order valence-electron chi connectivity index (χ4n) is 4.55. The summed E-state index contributed by atoms with van der Waals surface area (Å²) in [6.07, 6.45) is 4.51. The van der Waals surface area contributed by atoms with Gasteiger partial charge in [0.2, 0.25) is 0 Å². The minimum atomic E-state index is -0.442. The fraction of sp³-hybridized carbons (Fsp3) is 0.522. The van der Waals surface area contributed by atoms with Gasteiger partial charge in [0, 0.05) is 63.8 Å². The Hall–Kier alpha value is -2.74. The lowest BCUT2D eigenvalue weighted by Crippen LogP contribution is -2.46. The van der Waals surface area contributed by atoms with Crippen LogP contribution in [-0.4, -0.2) is 66.6 Å². The van der Waals surface area contributed by atoms with Crippen LogP contribution < -0.4 is 4.90 Å². The quantitative estimate of drug-likeness (QED) is 0.501. The topological polar surface area (TPSA) is 61.2 Å². The van der Waals surface area contributed by atoms with Crippen LogP contribution in [0.1, 0.15) is 41.4 Å². The van der Waals surface area contributed by atoms with Crippen molar-refractivity contribution in [2.75, 3.05) is 51.2 Å². The lowest BCUT2D eigenvalue weighted by atomic mass is 10.1. The number of aryl methyl sites for hydroxylation is 1. The molecular formula is C23H30FN5O2. The van der Waals surface area contributed by atoms with E-state index >= 15 is 0 Å². The van der Waals surface area contributed by atoms with E-state index in [0.717, 1.165) is 63.4 Å². The van der Waals surface area contributed by atoms with Gasteiger partial charge in [-0.15, -0.1) is 0 Å². The number of unbranched alkanes of at least 4 members (excludes halogenated alkanes) is 1. The molecule has 3 heterocycles. The number of anilines is 1. The van der Waals surface area contributed by atoms with Crippen molar-refractivity contribution in [3.05, 3.63) is 58.5 Å². The molecule has 1 saturated heterocycles. The maximum atomic E-state index is 13.1. The Morgan fingerprint density at radius 3 is 2.42 bits per heavy atom. The van der Waals surface area contributed by atoms with E-state index in [9.17, 15) is 14.1 Å². The Morgan fingerprint density at radius 2 is 1.71 bits per heavy atom. The summed E-state index contributed by atoms with van der Waals surface area (Å²) in [4.78, 5) is 30.4. The first-order valence-electron chi connectivity index (χ1n) is 11.1. The van der Waals surface area contributed by atoms with Gasteiger partial charge in [-0.3, -0.25) is 9.69 Å². The zero-order chi connectivity index (χ0) is 21.8. The average molecular weight is 428 g/mol. The predicted octanol–water partition coefficient (Wildman–Crippen LogP) is 3.51. The molecule has 8 heteroatoms. The fourth-order valence-corrected chi connectivity index (χ4v) is 4.55. The number of nitrogens with zero attached hydrogens (tertiary/aromatic N) is 5. The molecule has 2 aliphatic rings. The van der Waals surface area contributed by atoms with E-state index in [4.69, 9.17) is 0 Å². The standard InChI is InChI=1S/C23H30FN5O2/c1-26-12-9-21(25-31)20-8-13-29(22(20)23(26)30)11-3-2-10-27-14-16-28(17-15-27)19-6-4-18(24)5-7-19/h4-8,13,21H,2-3,9-12,14-17H2,1H3. The minimum Gasteiger partial charge on any atom is -0.369 e. The second-order valence-corrected chi connectivity index (χ2v) is 8.46. The Bertz CT molecular complexity index is 905. The van der Waals surface area contributed by atoms with Gasteiger partial charge in [-0.25, -0.2) is 4.39 Å². The van der Waals surface area contributed by atoms with Gasteiger partial charge in [-0.1, -0.05) is 5.18 Å². The Labute approximate surface area is 182 Å². The molecule has 2 aliphatic heterocycles. The molecule has 0 aliphatic carbocycles. The number of carbonyl (C=O) groups excluding carboxylic acids is 1. The Morgan fingerprint density at radius 1 is 1.00 bits per heavy atom. The van der Waals surface area contributed by atoms with E-state index in [1.165, 1.54) is 12.1 Å². The van der Waals surface area contributed by atoms with Gasteiger partial charge < -0.3 is 14.4 Å². The lowest BCUT2D eigenvalue weighted by Gasteiger charge is -2.36. The molecule has 4 rings (SSSR count). The van der Waals surface area contributed by atoms with Crippen LogP contribution in [-0.2, 0) is 6.54 Å². The van der Waals surface area contributed by atoms with Gasteiger partial charge in [0.25, 0.3) is 5.91 Å². The van der Waals surface area contributed by atoms with Crippen LogP contribution in [0.5, 0.6) is 0 Å². The lowest BCUT2D eigenvalue weighted by molar-refractivity contribution is 0.0788. The first-order chi connectivity index (χ1) is 15.1. The molecule has 1 unspecified atom stereocenters. The molecule has 0 bridgehead atoms. The third kappa shape index (κ3) is 4.79. The van der Waals surface area contributed by atoms with Gasteiger partial charge in [0.15, 0.2) is 0 Å². The summed E-state index contributed by atoms with van der Waals surface area (Å²) in [5.74, 6) is -0.226. The monoisotopic (exact) mass is 427 g/mol. The Balaban J connectivity index is 1.26. The van der Waals surface area contributed by atoms with Crippen molar-refractivity contribution in [1.82, 2.24) is 14.4 Å². The smallest absolute Gasteiger partial charge is 0.270 e. The molecule has 1 amide bonds. The number of nitroso groups, excluding NO2 is 1. The third-order valence-corrected chi connectivity index (χ3v) is 6.46. The van der Waals surface area contributed by atoms with E-state index in [1.54, 1.807) is 11.9 Å². The van der Waals surface area contributed by atoms with Crippen molar-refractivity contribution < 1.29 is 9.18 Å². The molecule has 1 aromatic heterocycles. The predicted molar refractivity (Wildman–Crippen MR) is 119 cm³/mol. The van der Waals surface area contributed by atoms with E-state index in [0.29, 0.717) is 18.7 Å². The summed E-state index contributed by atoms with van der Waals surface area (Å²) in [6.45, 7) is 6.20. The van der Waals surface area contributed by atoms with Crippen LogP contribution in [0, 0.1) is 10.7 Å². The third-order valence-electron chi connectivity index (χ3n) is 6.46. The summed E-state index contributed by atoms with van der Waals surface area (Å²) in [5, 5.41) is 3.25. The van der Waals surface area contributed by atoms with Gasteiger partial charge >= 0.3 is 0 Å². The minimum absolute atomic E-state index is 0.0249. The Kier molecular flexibility index (Phi) is 6.65. The van der Waals surface area contributed by atoms with E-state index < -0.39 is 6.04 Å². The number of rotatable bonds is 7. The first-order valence-corrected chi connectivity index (χ1v) is 11.1. The number of fused-ring (bicyclic) bond motifs is 1. The van der Waals surface area contributed by atoms with Crippen LogP contribution in [0.15, 0.2) is 41.7 Å². The molecule has 0 spiro atoms. The maximum absolute atomic E-state index is 13.1. The second kappa shape index (κ2) is 9.60. The number of halogens is 1. The van der Waals surface area contributed by atoms with Gasteiger partial charge in [-0.05, 0) is 56.1 Å². The number of aromatic nitrogens is 1. The van der Waals surface area contributed by atoms with Crippen molar-refractivity contribution in [2.45, 2.75) is 31.8 Å². The van der Waals surface area contributed by atoms with Gasteiger partial charge in [0.05, 0.1) is 0 Å². The number of hydrogen-bond acceptors (Lipinski definition) is 5. The van der Waals surface area contributed by atoms with Crippen LogP contribution >= 0.6 is 0 Å². The number of piperazine rings is 1. The van der Waals surface area contributed by atoms with Crippen molar-refractivity contribution in [3.8, 4) is 0 Å². The molecular weight excluding hydrogens is 397 g/mol. The number of hydrogen-bond donors (Lipinski definition) is 0. The van der Waals surface area contributed by atoms with E-state index in [1.807, 2.05) is 29.0 Å². The molecule has 1 fully saturated rings. The average Bonchev–Trinajstić information content (AvgIpc) is 3.16. The molecule has 0 saturated carbocycles. The number of benzene rings is 1. The van der Waals surface area contributed by atoms with Crippen molar-refractivity contribution in [1.29, 1.82) is 0 Å². The van der Waals surface area contributed by atoms with Gasteiger partial charge in [0.1, 0.15) is 17.6 Å². The highest BCUT2D eigenvalue weighted by atomic mass is 19.1. The molecule has 0 radical (unpaired) electrons. The van der Waals surface area contributed by atoms with Crippen LogP contribution in [0.2, 0.25) is 0 Å². The largest absolute Gasteiger partial charge is 0.369 e. The summed E-state index contributed by atoms with van der Waals surface area (Å²) in [5.41, 5.74) is 2.46. The second-order valence-electron chi connectivity index (χ2n) is 8.46. The summed E-state index contributed by atoms with van der Waals surface area (Å²) >= 11 is 0. The zero-order valence-electron chi connectivity index (χ0n) is 18.0. The highest BCUT2D eigenvalue weighted by Gasteiger charge is 2.30. The summed E-state index contributed by atoms with van der Waals surface area (Å²) in [7, 11) is 1.78. The molecule has 166 valence electrons. The van der Waals surface area contributed by atoms with Gasteiger partial charge in [-0.2, -0.15) is 4.91 Å². The molecule has 31 heavy (non-hydrogen) atoms. The number of carbonyl (C=O) groups is 1. The molecule has 1 aromatic carbocycles. The summed E-state index contributed by atoms with van der Waals surface area (Å²) < 4.78 is 15.1. The highest BCUT2D eigenvalue weighted by molar-refractivity contribution is 5.94. The van der Waals surface area contributed by atoms with Crippen LogP contribution in [0.3, 0.4) is 0 Å². The molecule has 1 atom stereocenters. The zero-order valence-corrected chi connectivity index (χ0v) is 18.0. The SMILES string of the molecule is CN1CCC(N=O)c2ccn(CCCCN3CCN(c4ccc(F)cc4)CC3)c2C1=O. The van der Waals surface area contributed by atoms with Crippen molar-refractivity contribution in [2.24, 2.45) is 5.18 Å². The number of amides is 1. The normalized spacial score (nSPS) is 19.9. The molecule has 2 aromatic rings. The van der Waals surface area contributed by atoms with Crippen molar-refractivity contribution in [3.63, 3.8) is 0 Å². The first kappa shape index (κ1) is 21.5. The van der Waals surface area contributed by atoms with Crippen LogP contribution in [0.25, 0.3) is 0 Å². The molecule has 7 nitrogen and oxygen atoms in total. The molecule has 0 N–H and O–H groups in total. The highest BCUT2D eigenvalue weighted by Crippen LogP contribution is 2.30. The van der Waals surface area contributed by atoms with Crippen LogP contribution in [0.4, 0.5) is 10.1 Å². The summed E-state index contributed by atoms with van der Waals surface area (Å²) in [6, 6.07) is 8.15. The van der Waals surface area contributed by atoms with E-state index in [-0.39, 0.29) is 11.7 Å². The van der Waals surface area contributed by atoms with Crippen molar-refractivity contribution >= 4 is 11.6 Å².